The summed E-state index contributed by atoms with van der Waals surface area (Å²) in [6.45, 7) is 6.93. The fourth-order valence-corrected chi connectivity index (χ4v) is 9.15. The summed E-state index contributed by atoms with van der Waals surface area (Å²) in [6.07, 6.45) is 5.00. The highest BCUT2D eigenvalue weighted by molar-refractivity contribution is 6.42. The van der Waals surface area contributed by atoms with Crippen LogP contribution in [0.1, 0.15) is 73.4 Å². The molecule has 3 aromatic rings. The molecule has 0 radical (unpaired) electrons. The first-order valence-corrected chi connectivity index (χ1v) is 20.1. The zero-order valence-electron chi connectivity index (χ0n) is 32.4. The van der Waals surface area contributed by atoms with Gasteiger partial charge >= 0.3 is 5.97 Å². The molecule has 10 nitrogen and oxygen atoms in total. The van der Waals surface area contributed by atoms with E-state index in [0.717, 1.165) is 56.4 Å². The Kier molecular flexibility index (Phi) is 13.2. The van der Waals surface area contributed by atoms with E-state index >= 15 is 0 Å². The van der Waals surface area contributed by atoms with Gasteiger partial charge in [0.05, 0.1) is 43.4 Å². The Labute approximate surface area is 334 Å². The average Bonchev–Trinajstić information content (AvgIpc) is 3.66. The van der Waals surface area contributed by atoms with Gasteiger partial charge in [-0.1, -0.05) is 59.6 Å². The molecule has 0 aliphatic carbocycles. The highest BCUT2D eigenvalue weighted by Crippen LogP contribution is 2.44. The van der Waals surface area contributed by atoms with Crippen molar-refractivity contribution in [1.82, 2.24) is 14.7 Å². The fourth-order valence-electron chi connectivity index (χ4n) is 8.86. The number of likely N-dealkylation sites (tertiary alicyclic amines) is 3. The molecule has 6 rings (SSSR count). The zero-order chi connectivity index (χ0) is 39.2. The summed E-state index contributed by atoms with van der Waals surface area (Å²) in [6, 6.07) is 19.4. The van der Waals surface area contributed by atoms with Crippen molar-refractivity contribution in [1.29, 1.82) is 0 Å². The first-order chi connectivity index (χ1) is 26.6. The number of carbonyl (C=O) groups is 3. The highest BCUT2D eigenvalue weighted by atomic mass is 35.5. The van der Waals surface area contributed by atoms with Crippen molar-refractivity contribution in [3.63, 3.8) is 0 Å². The number of hydrogen-bond donors (Lipinski definition) is 0. The summed E-state index contributed by atoms with van der Waals surface area (Å²) in [4.78, 5) is 47.1. The van der Waals surface area contributed by atoms with Gasteiger partial charge in [0.2, 0.25) is 11.7 Å². The Morgan fingerprint density at radius 2 is 1.44 bits per heavy atom. The highest BCUT2D eigenvalue weighted by Gasteiger charge is 2.47. The number of rotatable bonds is 13. The van der Waals surface area contributed by atoms with Gasteiger partial charge in [-0.2, -0.15) is 0 Å². The van der Waals surface area contributed by atoms with Crippen LogP contribution >= 0.6 is 23.2 Å². The van der Waals surface area contributed by atoms with Crippen LogP contribution in [0, 0.1) is 5.92 Å². The van der Waals surface area contributed by atoms with E-state index in [9.17, 15) is 14.4 Å². The second kappa shape index (κ2) is 17.9. The van der Waals surface area contributed by atoms with E-state index in [4.69, 9.17) is 42.1 Å². The van der Waals surface area contributed by atoms with E-state index in [1.54, 1.807) is 12.1 Å². The summed E-state index contributed by atoms with van der Waals surface area (Å²) >= 11 is 13.0. The lowest BCUT2D eigenvalue weighted by molar-refractivity contribution is -0.145. The summed E-state index contributed by atoms with van der Waals surface area (Å²) in [5.74, 6) is 1.44. The molecule has 3 aliphatic rings. The number of esters is 1. The number of benzene rings is 3. The van der Waals surface area contributed by atoms with Gasteiger partial charge in [-0.15, -0.1) is 0 Å². The quantitative estimate of drug-likeness (QED) is 0.165. The number of nitrogens with zero attached hydrogens (tertiary/aromatic N) is 3. The third-order valence-electron chi connectivity index (χ3n) is 12.1. The first kappa shape index (κ1) is 40.7. The van der Waals surface area contributed by atoms with Crippen molar-refractivity contribution in [2.45, 2.75) is 62.7 Å². The number of ether oxygens (including phenoxy) is 4. The molecule has 12 heteroatoms. The van der Waals surface area contributed by atoms with E-state index in [0.29, 0.717) is 84.9 Å². The maximum absolute atomic E-state index is 14.5. The smallest absolute Gasteiger partial charge is 0.306 e. The minimum atomic E-state index is -0.607. The molecule has 296 valence electrons. The van der Waals surface area contributed by atoms with Gasteiger partial charge in [0.1, 0.15) is 0 Å². The zero-order valence-corrected chi connectivity index (χ0v) is 33.9. The normalized spacial score (nSPS) is 20.3. The Morgan fingerprint density at radius 3 is 2.04 bits per heavy atom. The van der Waals surface area contributed by atoms with Crippen LogP contribution in [0.4, 0.5) is 0 Å². The molecule has 0 spiro atoms. The molecular weight excluding hydrogens is 741 g/mol. The standard InChI is InChI=1S/C43H53Cl2N3O7/c1-5-55-38(49)25-30-13-19-47(20-14-30)41(51)43(32-9-7-6-8-10-32)17-22-46(23-18-43)21-15-42(33-11-12-34(44)35(45)28-33)16-24-48(29-42)40(50)31-26-36(52-2)39(54-4)37(27-31)53-3/h6-12,26-28,30H,5,13-25,29H2,1-4H3/t42-/m0/s1. The van der Waals surface area contributed by atoms with E-state index < -0.39 is 5.41 Å². The van der Waals surface area contributed by atoms with Crippen LogP contribution in [-0.4, -0.2) is 106 Å². The predicted octanol–water partition coefficient (Wildman–Crippen LogP) is 7.42. The minimum Gasteiger partial charge on any atom is -0.493 e. The van der Waals surface area contributed by atoms with Gasteiger partial charge < -0.3 is 33.6 Å². The molecule has 0 bridgehead atoms. The summed E-state index contributed by atoms with van der Waals surface area (Å²) in [5.41, 5.74) is 1.61. The molecule has 0 saturated carbocycles. The molecule has 55 heavy (non-hydrogen) atoms. The molecule has 2 amide bonds. The van der Waals surface area contributed by atoms with Crippen LogP contribution in [0.5, 0.6) is 17.2 Å². The third kappa shape index (κ3) is 8.71. The van der Waals surface area contributed by atoms with Crippen molar-refractivity contribution in [3.05, 3.63) is 87.4 Å². The largest absolute Gasteiger partial charge is 0.493 e. The van der Waals surface area contributed by atoms with Crippen LogP contribution in [-0.2, 0) is 25.2 Å². The Balaban J connectivity index is 1.17. The Bertz CT molecular complexity index is 1800. The topological polar surface area (TPSA) is 97.9 Å². The summed E-state index contributed by atoms with van der Waals surface area (Å²) < 4.78 is 21.8. The first-order valence-electron chi connectivity index (χ1n) is 19.3. The molecule has 3 aliphatic heterocycles. The monoisotopic (exact) mass is 793 g/mol. The van der Waals surface area contributed by atoms with E-state index in [-0.39, 0.29) is 29.1 Å². The fraction of sp³-hybridized carbons (Fsp3) is 0.512. The van der Waals surface area contributed by atoms with Gasteiger partial charge in [0, 0.05) is 43.6 Å². The van der Waals surface area contributed by atoms with Gasteiger partial charge in [-0.05, 0) is 106 Å². The van der Waals surface area contributed by atoms with Crippen LogP contribution in [0.15, 0.2) is 60.7 Å². The number of hydrogen-bond acceptors (Lipinski definition) is 8. The molecule has 0 unspecified atom stereocenters. The maximum atomic E-state index is 14.5. The van der Waals surface area contributed by atoms with Crippen LogP contribution in [0.25, 0.3) is 0 Å². The Morgan fingerprint density at radius 1 is 0.764 bits per heavy atom. The van der Waals surface area contributed by atoms with Crippen molar-refractivity contribution in [2.75, 3.05) is 73.7 Å². The number of methoxy groups -OCH3 is 3. The SMILES string of the molecule is CCOC(=O)CC1CCN(C(=O)C2(c3ccccc3)CCN(CC[C@]3(c4ccc(Cl)c(Cl)c4)CCN(C(=O)c4cc(OC)c(OC)c(OC)c4)C3)CC2)CC1. The molecule has 0 N–H and O–H groups in total. The van der Waals surface area contributed by atoms with E-state index in [2.05, 4.69) is 17.0 Å². The second-order valence-corrected chi connectivity index (χ2v) is 15.9. The van der Waals surface area contributed by atoms with Gasteiger partial charge in [0.25, 0.3) is 5.91 Å². The molecule has 3 saturated heterocycles. The van der Waals surface area contributed by atoms with E-state index in [1.165, 1.54) is 21.3 Å². The number of halogens is 2. The molecule has 3 aromatic carbocycles. The summed E-state index contributed by atoms with van der Waals surface area (Å²) in [7, 11) is 4.61. The molecule has 1 atom stereocenters. The number of carbonyl (C=O) groups excluding carboxylic acids is 3. The Hall–Kier alpha value is -3.99. The van der Waals surface area contributed by atoms with Gasteiger partial charge in [0.15, 0.2) is 11.5 Å². The van der Waals surface area contributed by atoms with Crippen molar-refractivity contribution < 1.29 is 33.3 Å². The minimum absolute atomic E-state index is 0.116. The molecule has 3 fully saturated rings. The number of piperidine rings is 2. The second-order valence-electron chi connectivity index (χ2n) is 15.1. The number of amides is 2. The van der Waals surface area contributed by atoms with Crippen LogP contribution in [0.2, 0.25) is 10.0 Å². The van der Waals surface area contributed by atoms with Gasteiger partial charge in [-0.3, -0.25) is 14.4 Å². The van der Waals surface area contributed by atoms with Crippen molar-refractivity contribution in [2.24, 2.45) is 5.92 Å². The van der Waals surface area contributed by atoms with E-state index in [1.807, 2.05) is 53.1 Å². The van der Waals surface area contributed by atoms with Crippen LogP contribution < -0.4 is 14.2 Å². The molecular formula is C43H53Cl2N3O7. The predicted molar refractivity (Wildman–Crippen MR) is 214 cm³/mol. The van der Waals surface area contributed by atoms with Crippen LogP contribution in [0.3, 0.4) is 0 Å². The summed E-state index contributed by atoms with van der Waals surface area (Å²) in [5, 5.41) is 0.979. The molecule has 0 aromatic heterocycles. The lowest BCUT2D eigenvalue weighted by Crippen LogP contribution is -2.54. The van der Waals surface area contributed by atoms with Crippen molar-refractivity contribution in [3.8, 4) is 17.2 Å². The van der Waals surface area contributed by atoms with Crippen molar-refractivity contribution >= 4 is 41.0 Å². The van der Waals surface area contributed by atoms with Gasteiger partial charge in [-0.25, -0.2) is 0 Å². The third-order valence-corrected chi connectivity index (χ3v) is 12.8. The molecule has 3 heterocycles. The average molecular weight is 795 g/mol. The maximum Gasteiger partial charge on any atom is 0.306 e. The lowest BCUT2D eigenvalue weighted by Gasteiger charge is -2.45. The lowest BCUT2D eigenvalue weighted by atomic mass is 9.71.